The summed E-state index contributed by atoms with van der Waals surface area (Å²) in [6.45, 7) is 1.93. The molecule has 2 heterocycles. The SMILES string of the molecule is Cc1ccc2nc(-c3ccc(CC(=O)O)cc3)c(CC(=O)O)n2c1. The lowest BCUT2D eigenvalue weighted by Gasteiger charge is -2.04. The van der Waals surface area contributed by atoms with Crippen molar-refractivity contribution >= 4 is 17.6 Å². The molecule has 0 spiro atoms. The fraction of sp³-hybridized carbons (Fsp3) is 0.167. The van der Waals surface area contributed by atoms with Gasteiger partial charge in [-0.15, -0.1) is 0 Å². The minimum atomic E-state index is -0.929. The van der Waals surface area contributed by atoms with Gasteiger partial charge in [-0.2, -0.15) is 0 Å². The van der Waals surface area contributed by atoms with E-state index in [1.807, 2.05) is 25.3 Å². The zero-order valence-electron chi connectivity index (χ0n) is 13.1. The predicted octanol–water partition coefficient (Wildman–Crippen LogP) is 2.56. The van der Waals surface area contributed by atoms with Gasteiger partial charge in [-0.25, -0.2) is 4.98 Å². The van der Waals surface area contributed by atoms with Crippen LogP contribution in [-0.4, -0.2) is 31.5 Å². The van der Waals surface area contributed by atoms with E-state index >= 15 is 0 Å². The number of rotatable bonds is 5. The minimum absolute atomic E-state index is 0.0490. The summed E-state index contributed by atoms with van der Waals surface area (Å²) in [7, 11) is 0. The molecule has 0 aliphatic rings. The summed E-state index contributed by atoms with van der Waals surface area (Å²) in [6, 6.07) is 10.8. The Morgan fingerprint density at radius 2 is 1.67 bits per heavy atom. The van der Waals surface area contributed by atoms with Crippen LogP contribution >= 0.6 is 0 Å². The zero-order chi connectivity index (χ0) is 17.3. The van der Waals surface area contributed by atoms with Gasteiger partial charge in [0.05, 0.1) is 24.2 Å². The number of nitrogens with zero attached hydrogens (tertiary/aromatic N) is 2. The monoisotopic (exact) mass is 324 g/mol. The second-order valence-corrected chi connectivity index (χ2v) is 5.68. The lowest BCUT2D eigenvalue weighted by Crippen LogP contribution is -2.05. The first-order valence-electron chi connectivity index (χ1n) is 7.44. The molecule has 24 heavy (non-hydrogen) atoms. The van der Waals surface area contributed by atoms with Gasteiger partial charge in [0.25, 0.3) is 0 Å². The standard InChI is InChI=1S/C18H16N2O4/c1-11-2-7-15-19-18(14(9-17(23)24)20(15)10-11)13-5-3-12(4-6-13)8-16(21)22/h2-7,10H,8-9H2,1H3,(H,21,22)(H,23,24). The lowest BCUT2D eigenvalue weighted by molar-refractivity contribution is -0.137. The van der Waals surface area contributed by atoms with Gasteiger partial charge in [-0.05, 0) is 24.1 Å². The summed E-state index contributed by atoms with van der Waals surface area (Å²) < 4.78 is 1.80. The molecule has 0 aliphatic heterocycles. The van der Waals surface area contributed by atoms with Crippen LogP contribution in [0.15, 0.2) is 42.6 Å². The van der Waals surface area contributed by atoms with E-state index in [-0.39, 0.29) is 12.8 Å². The van der Waals surface area contributed by atoms with E-state index in [1.54, 1.807) is 28.7 Å². The van der Waals surface area contributed by atoms with Gasteiger partial charge < -0.3 is 14.6 Å². The third-order valence-corrected chi connectivity index (χ3v) is 3.77. The molecule has 2 aromatic heterocycles. The number of aryl methyl sites for hydroxylation is 1. The molecular weight excluding hydrogens is 308 g/mol. The molecule has 0 saturated heterocycles. The van der Waals surface area contributed by atoms with Crippen molar-refractivity contribution in [2.24, 2.45) is 0 Å². The molecule has 3 rings (SSSR count). The Labute approximate surface area is 138 Å². The second kappa shape index (κ2) is 6.16. The van der Waals surface area contributed by atoms with Crippen molar-refractivity contribution < 1.29 is 19.8 Å². The number of benzene rings is 1. The largest absolute Gasteiger partial charge is 0.481 e. The number of aromatic nitrogens is 2. The zero-order valence-corrected chi connectivity index (χ0v) is 13.1. The summed E-state index contributed by atoms with van der Waals surface area (Å²) >= 11 is 0. The molecular formula is C18H16N2O4. The third kappa shape index (κ3) is 3.12. The number of carbonyl (C=O) groups is 2. The maximum Gasteiger partial charge on any atom is 0.309 e. The number of imidazole rings is 1. The first kappa shape index (κ1) is 15.7. The maximum absolute atomic E-state index is 11.2. The molecule has 6 heteroatoms. The molecule has 0 unspecified atom stereocenters. The number of fused-ring (bicyclic) bond motifs is 1. The van der Waals surface area contributed by atoms with Crippen LogP contribution in [-0.2, 0) is 22.4 Å². The smallest absolute Gasteiger partial charge is 0.309 e. The molecule has 0 radical (unpaired) electrons. The van der Waals surface area contributed by atoms with E-state index in [9.17, 15) is 14.7 Å². The van der Waals surface area contributed by atoms with Gasteiger partial charge in [-0.3, -0.25) is 9.59 Å². The molecule has 0 saturated carbocycles. The summed E-state index contributed by atoms with van der Waals surface area (Å²) in [4.78, 5) is 26.6. The molecule has 2 N–H and O–H groups in total. The summed E-state index contributed by atoms with van der Waals surface area (Å²) in [6.07, 6.45) is 1.67. The number of hydrogen-bond acceptors (Lipinski definition) is 3. The molecule has 1 aromatic carbocycles. The van der Waals surface area contributed by atoms with Crippen molar-refractivity contribution in [2.45, 2.75) is 19.8 Å². The number of pyridine rings is 1. The van der Waals surface area contributed by atoms with Crippen LogP contribution in [0.2, 0.25) is 0 Å². The van der Waals surface area contributed by atoms with E-state index in [0.29, 0.717) is 22.6 Å². The Hall–Kier alpha value is -3.15. The normalized spacial score (nSPS) is 10.9. The number of hydrogen-bond donors (Lipinski definition) is 2. The maximum atomic E-state index is 11.2. The van der Waals surface area contributed by atoms with E-state index in [4.69, 9.17) is 5.11 Å². The average Bonchev–Trinajstić information content (AvgIpc) is 2.85. The van der Waals surface area contributed by atoms with Gasteiger partial charge in [0.15, 0.2) is 0 Å². The molecule has 122 valence electrons. The molecule has 3 aromatic rings. The van der Waals surface area contributed by atoms with Crippen molar-refractivity contribution in [2.75, 3.05) is 0 Å². The summed E-state index contributed by atoms with van der Waals surface area (Å²) in [5.74, 6) is -1.82. The Bertz CT molecular complexity index is 926. The van der Waals surface area contributed by atoms with Crippen LogP contribution in [0.5, 0.6) is 0 Å². The Kier molecular flexibility index (Phi) is 4.04. The topological polar surface area (TPSA) is 91.9 Å². The van der Waals surface area contributed by atoms with Crippen molar-refractivity contribution in [1.29, 1.82) is 0 Å². The van der Waals surface area contributed by atoms with Crippen molar-refractivity contribution in [3.8, 4) is 11.3 Å². The molecule has 0 atom stereocenters. The van der Waals surface area contributed by atoms with Gasteiger partial charge in [0, 0.05) is 11.8 Å². The van der Waals surface area contributed by atoms with Gasteiger partial charge in [0.1, 0.15) is 5.65 Å². The van der Waals surface area contributed by atoms with Crippen molar-refractivity contribution in [3.05, 3.63) is 59.4 Å². The molecule has 0 amide bonds. The lowest BCUT2D eigenvalue weighted by atomic mass is 10.0. The van der Waals surface area contributed by atoms with E-state index in [0.717, 1.165) is 11.1 Å². The predicted molar refractivity (Wildman–Crippen MR) is 88.0 cm³/mol. The van der Waals surface area contributed by atoms with Gasteiger partial charge >= 0.3 is 11.9 Å². The highest BCUT2D eigenvalue weighted by Gasteiger charge is 2.17. The highest BCUT2D eigenvalue weighted by molar-refractivity contribution is 5.76. The van der Waals surface area contributed by atoms with Crippen LogP contribution in [0, 0.1) is 6.92 Å². The van der Waals surface area contributed by atoms with Crippen LogP contribution < -0.4 is 0 Å². The fourth-order valence-electron chi connectivity index (χ4n) is 2.70. The summed E-state index contributed by atoms with van der Waals surface area (Å²) in [5.41, 5.74) is 4.35. The fourth-order valence-corrected chi connectivity index (χ4v) is 2.70. The molecule has 0 aliphatic carbocycles. The van der Waals surface area contributed by atoms with Crippen LogP contribution in [0.3, 0.4) is 0 Å². The highest BCUT2D eigenvalue weighted by atomic mass is 16.4. The van der Waals surface area contributed by atoms with Crippen molar-refractivity contribution in [1.82, 2.24) is 9.38 Å². The van der Waals surface area contributed by atoms with Crippen LogP contribution in [0.1, 0.15) is 16.8 Å². The summed E-state index contributed by atoms with van der Waals surface area (Å²) in [5, 5.41) is 18.1. The Balaban J connectivity index is 2.10. The first-order valence-corrected chi connectivity index (χ1v) is 7.44. The van der Waals surface area contributed by atoms with E-state index in [2.05, 4.69) is 4.98 Å². The molecule has 0 bridgehead atoms. The quantitative estimate of drug-likeness (QED) is 0.752. The van der Waals surface area contributed by atoms with Crippen LogP contribution in [0.25, 0.3) is 16.9 Å². The highest BCUT2D eigenvalue weighted by Crippen LogP contribution is 2.26. The van der Waals surface area contributed by atoms with Gasteiger partial charge in [-0.1, -0.05) is 30.3 Å². The van der Waals surface area contributed by atoms with E-state index in [1.165, 1.54) is 0 Å². The minimum Gasteiger partial charge on any atom is -0.481 e. The first-order chi connectivity index (χ1) is 11.4. The number of carboxylic acid groups (broad SMARTS) is 2. The Morgan fingerprint density at radius 1 is 1.00 bits per heavy atom. The Morgan fingerprint density at radius 3 is 2.29 bits per heavy atom. The van der Waals surface area contributed by atoms with Gasteiger partial charge in [0.2, 0.25) is 0 Å². The number of aliphatic carboxylic acids is 2. The number of carboxylic acids is 2. The van der Waals surface area contributed by atoms with Crippen molar-refractivity contribution in [3.63, 3.8) is 0 Å². The van der Waals surface area contributed by atoms with Crippen LogP contribution in [0.4, 0.5) is 0 Å². The average molecular weight is 324 g/mol. The molecule has 6 nitrogen and oxygen atoms in total. The second-order valence-electron chi connectivity index (χ2n) is 5.68. The van der Waals surface area contributed by atoms with E-state index < -0.39 is 11.9 Å². The third-order valence-electron chi connectivity index (χ3n) is 3.77. The molecule has 0 fully saturated rings.